The van der Waals surface area contributed by atoms with Gasteiger partial charge < -0.3 is 124 Å². The first-order valence-electron chi connectivity index (χ1n) is 52.5. The van der Waals surface area contributed by atoms with Gasteiger partial charge in [0.15, 0.2) is 23.0 Å². The molecule has 2 saturated carbocycles. The molecule has 2 heterocycles. The minimum atomic E-state index is -0.604. The average molecular weight is 2080 g/mol. The summed E-state index contributed by atoms with van der Waals surface area (Å²) in [6, 6.07) is 93.2. The number of rotatable bonds is 55. The molecule has 0 aromatic heterocycles. The Morgan fingerprint density at radius 1 is 0.347 bits per heavy atom. The van der Waals surface area contributed by atoms with E-state index in [-0.39, 0.29) is 50.1 Å². The van der Waals surface area contributed by atoms with Gasteiger partial charge in [-0.15, -0.1) is 0 Å². The second-order valence-electron chi connectivity index (χ2n) is 36.8. The fourth-order valence-corrected chi connectivity index (χ4v) is 16.5. The van der Waals surface area contributed by atoms with Gasteiger partial charge in [-0.1, -0.05) is 241 Å². The SMILES string of the molecule is CC.COCCc1ccc(O)cc1.COCCc1ccc(OCC(O)CN(Cc2ccccc2)Cc2ccccc2)cc1.COCCc1ccc(OCC(O)CN)cc1.COCCc1ccc(OCC(O)CN[C@@H]2CCCCC2OCCc2ccc(OC)c(OC)c2)cc1.COCCc1ccc(OCC2CO2)cc1.COc1ccc(CCOC2CCCC[C@@H]2C)cc1OC.N.O.c1ccc(CN(Cc2ccccc2)CC2CO2)cc1. The molecule has 27 nitrogen and oxygen atoms in total. The van der Waals surface area contributed by atoms with Crippen molar-refractivity contribution in [3.63, 3.8) is 0 Å². The third-order valence-corrected chi connectivity index (χ3v) is 25.1. The highest BCUT2D eigenvalue weighted by Crippen LogP contribution is 2.32. The van der Waals surface area contributed by atoms with Gasteiger partial charge in [-0.05, 0) is 223 Å². The van der Waals surface area contributed by atoms with Gasteiger partial charge in [-0.25, -0.2) is 0 Å². The zero-order valence-electron chi connectivity index (χ0n) is 91.1. The third kappa shape index (κ3) is 54.2. The van der Waals surface area contributed by atoms with E-state index in [0.29, 0.717) is 76.1 Å². The maximum absolute atomic E-state index is 10.6. The number of nitrogens with zero attached hydrogens (tertiary/aromatic N) is 2. The van der Waals surface area contributed by atoms with Crippen molar-refractivity contribution in [3.8, 4) is 51.7 Å². The van der Waals surface area contributed by atoms with Crippen LogP contribution in [0.4, 0.5) is 0 Å². The van der Waals surface area contributed by atoms with Crippen LogP contribution in [0.5, 0.6) is 51.7 Å². The number of epoxide rings is 2. The zero-order valence-corrected chi connectivity index (χ0v) is 91.1. The highest BCUT2D eigenvalue weighted by molar-refractivity contribution is 5.44. The van der Waals surface area contributed by atoms with Crippen LogP contribution in [-0.2, 0) is 114 Å². The summed E-state index contributed by atoms with van der Waals surface area (Å²) in [4.78, 5) is 4.72. The number of methoxy groups -OCH3 is 9. The Bertz CT molecular complexity index is 5040. The van der Waals surface area contributed by atoms with Crippen LogP contribution in [0.3, 0.4) is 0 Å². The van der Waals surface area contributed by atoms with Gasteiger partial charge in [-0.3, -0.25) is 9.80 Å². The quantitative estimate of drug-likeness (QED) is 0.0174. The van der Waals surface area contributed by atoms with Crippen molar-refractivity contribution >= 4 is 0 Å². The molecule has 0 amide bonds. The van der Waals surface area contributed by atoms with E-state index in [2.05, 4.69) is 125 Å². The molecule has 9 atom stereocenters. The van der Waals surface area contributed by atoms with Gasteiger partial charge in [0.05, 0.1) is 106 Å². The molecule has 2 aliphatic carbocycles. The van der Waals surface area contributed by atoms with Crippen LogP contribution < -0.4 is 55.1 Å². The average Bonchev–Trinajstić information content (AvgIpc) is 1.08. The van der Waals surface area contributed by atoms with Crippen molar-refractivity contribution in [1.29, 1.82) is 0 Å². The molecule has 27 heteroatoms. The van der Waals surface area contributed by atoms with E-state index in [4.69, 9.17) is 91.4 Å². The van der Waals surface area contributed by atoms with E-state index in [1.165, 1.54) is 94.2 Å². The van der Waals surface area contributed by atoms with Crippen molar-refractivity contribution in [2.45, 2.75) is 192 Å². The molecule has 4 fully saturated rings. The van der Waals surface area contributed by atoms with Gasteiger partial charge in [0, 0.05) is 93.9 Å². The zero-order chi connectivity index (χ0) is 106. The molecular weight excluding hydrogens is 1900 g/mol. The molecule has 2 aliphatic heterocycles. The molecule has 0 bridgehead atoms. The second kappa shape index (κ2) is 78.1. The standard InChI is InChI=1S/C28H41NO6.C26H31NO3.C17H19NO.C17H26O3.C12H19NO3.C12H16O3.C9H12O2.C2H6.H3N.H2O/c1-31-16-14-21-8-11-24(12-9-21)35-20-23(30)19-29-25-6-4-5-7-26(25)34-17-15-22-10-13-27(32-2)28(18-22)33-3;1-29-17-16-22-12-14-26(15-13-22)30-21-25(28)20-27(18-23-8-4-2-5-9-23)19-24-10-6-3-7-11-24;1-3-7-15(8-4-1)11-18(13-17-14-19-17)12-16-9-5-2-6-10-16;1-13-6-4-5-7-15(13)20-11-10-14-8-9-16(18-2)17(12-14)19-3;1-15-7-6-10-2-4-12(5-3-10)16-9-11(14)8-13;1-13-7-6-10-2-4-11(5-3-10)14-8-12-9-15-12;1-11-7-6-8-2-4-9(10)5-3-8;1-2;;/h8-13,18,23,25-26,29-30H,4-7,14-17,19-20H2,1-3H3;2-15,25,28H,16-21H2,1H3;1-10,17H,11-14H2;8-9,12-13,15H,4-7,10-11H2,1-3H3;2-5,11,14H,6-9,13H2,1H3;2-5,12H,6-9H2,1H3;2-5,10H,6-7H2,1H3;1-2H3;1H3;1H2/t23?,25-,26?;;;13-,15?;;;;;;/m1..0....../s1. The number of phenolic OH excluding ortho intramolecular Hbond substituents is 1. The number of nitrogens with one attached hydrogen (secondary N) is 1. The van der Waals surface area contributed by atoms with E-state index in [1.54, 1.807) is 76.1 Å². The Hall–Kier alpha value is -11.1. The first-order valence-corrected chi connectivity index (χ1v) is 52.5. The molecule has 824 valence electrons. The molecule has 0 radical (unpaired) electrons. The Balaban J connectivity index is 0.000000273. The lowest BCUT2D eigenvalue weighted by Gasteiger charge is -2.33. The summed E-state index contributed by atoms with van der Waals surface area (Å²) in [5.41, 5.74) is 18.9. The first kappa shape index (κ1) is 128. The largest absolute Gasteiger partial charge is 0.508 e. The third-order valence-electron chi connectivity index (χ3n) is 25.1. The summed E-state index contributed by atoms with van der Waals surface area (Å²) in [5, 5.41) is 42.8. The number of benzene rings is 11. The predicted molar refractivity (Wildman–Crippen MR) is 598 cm³/mol. The lowest BCUT2D eigenvalue weighted by Crippen LogP contribution is -2.47. The van der Waals surface area contributed by atoms with E-state index >= 15 is 0 Å². The van der Waals surface area contributed by atoms with E-state index in [0.717, 1.165) is 175 Å². The summed E-state index contributed by atoms with van der Waals surface area (Å²) in [5.74, 6) is 7.23. The predicted octanol–water partition coefficient (Wildman–Crippen LogP) is 19.2. The number of phenols is 1. The number of aliphatic hydroxyl groups is 3. The minimum Gasteiger partial charge on any atom is -0.508 e. The highest BCUT2D eigenvalue weighted by Gasteiger charge is 2.29. The maximum atomic E-state index is 10.6. The van der Waals surface area contributed by atoms with Crippen LogP contribution in [0.25, 0.3) is 0 Å². The first-order chi connectivity index (χ1) is 72.5. The number of nitrogens with two attached hydrogens (primary N) is 1. The molecule has 150 heavy (non-hydrogen) atoms. The van der Waals surface area contributed by atoms with Gasteiger partial charge in [0.2, 0.25) is 0 Å². The summed E-state index contributed by atoms with van der Waals surface area (Å²) < 4.78 is 91.7. The topological polar surface area (TPSA) is 355 Å². The van der Waals surface area contributed by atoms with Crippen molar-refractivity contribution in [2.75, 3.05) is 176 Å². The fraction of sp³-hybridized carbons (Fsp3) is 0.463. The number of ether oxygens (including phenoxy) is 17. The van der Waals surface area contributed by atoms with Crippen LogP contribution in [0.2, 0.25) is 0 Å². The van der Waals surface area contributed by atoms with Crippen LogP contribution in [-0.4, -0.2) is 261 Å². The number of hydrogen-bond acceptors (Lipinski definition) is 26. The Kier molecular flexibility index (Phi) is 66.4. The highest BCUT2D eigenvalue weighted by atomic mass is 16.6. The monoisotopic (exact) mass is 2070 g/mol. The van der Waals surface area contributed by atoms with Gasteiger partial charge >= 0.3 is 0 Å². The lowest BCUT2D eigenvalue weighted by atomic mass is 9.88. The molecule has 4 aliphatic rings. The van der Waals surface area contributed by atoms with Gasteiger partial charge in [-0.2, -0.15) is 0 Å². The van der Waals surface area contributed by atoms with Gasteiger partial charge in [0.25, 0.3) is 0 Å². The Morgan fingerprint density at radius 2 is 0.660 bits per heavy atom. The summed E-state index contributed by atoms with van der Waals surface area (Å²) in [6.07, 6.45) is 15.4. The van der Waals surface area contributed by atoms with Crippen LogP contribution in [0, 0.1) is 5.92 Å². The van der Waals surface area contributed by atoms with Crippen molar-refractivity contribution in [2.24, 2.45) is 11.7 Å². The molecule has 12 N–H and O–H groups in total. The summed E-state index contributed by atoms with van der Waals surface area (Å²) in [6.45, 7) is 20.3. The molecule has 2 saturated heterocycles. The minimum absolute atomic E-state index is 0. The smallest absolute Gasteiger partial charge is 0.160 e. The van der Waals surface area contributed by atoms with E-state index in [9.17, 15) is 15.3 Å². The van der Waals surface area contributed by atoms with Crippen molar-refractivity contribution < 1.29 is 106 Å². The van der Waals surface area contributed by atoms with E-state index in [1.807, 2.05) is 178 Å². The van der Waals surface area contributed by atoms with Crippen molar-refractivity contribution in [3.05, 3.63) is 340 Å². The molecule has 7 unspecified atom stereocenters. The Labute approximate surface area is 894 Å². The fourth-order valence-electron chi connectivity index (χ4n) is 16.5. The molecular formula is C123H175N5O22. The van der Waals surface area contributed by atoms with E-state index < -0.39 is 18.3 Å². The van der Waals surface area contributed by atoms with Crippen LogP contribution >= 0.6 is 0 Å². The number of aliphatic hydroxyl groups excluding tert-OH is 3. The molecule has 15 rings (SSSR count). The van der Waals surface area contributed by atoms with Crippen LogP contribution in [0.1, 0.15) is 133 Å². The number of hydrogen-bond donors (Lipinski definition) is 7. The van der Waals surface area contributed by atoms with Gasteiger partial charge in [0.1, 0.15) is 79.6 Å². The lowest BCUT2D eigenvalue weighted by molar-refractivity contribution is -0.00334. The molecule has 11 aromatic carbocycles. The van der Waals surface area contributed by atoms with Crippen molar-refractivity contribution in [1.82, 2.24) is 21.3 Å². The van der Waals surface area contributed by atoms with Crippen LogP contribution in [0.15, 0.2) is 279 Å². The second-order valence-corrected chi connectivity index (χ2v) is 36.8. The molecule has 11 aromatic rings. The summed E-state index contributed by atoms with van der Waals surface area (Å²) in [7, 11) is 15.1. The number of aromatic hydroxyl groups is 1. The maximum Gasteiger partial charge on any atom is 0.160 e. The summed E-state index contributed by atoms with van der Waals surface area (Å²) >= 11 is 0. The Morgan fingerprint density at radius 3 is 1.01 bits per heavy atom. The normalized spacial score (nSPS) is 16.0. The molecule has 0 spiro atoms.